The van der Waals surface area contributed by atoms with Gasteiger partial charge < -0.3 is 19.8 Å². The van der Waals surface area contributed by atoms with Crippen molar-refractivity contribution < 1.29 is 14.3 Å². The molecule has 6 nitrogen and oxygen atoms in total. The van der Waals surface area contributed by atoms with Gasteiger partial charge in [0.05, 0.1) is 6.61 Å². The van der Waals surface area contributed by atoms with Crippen LogP contribution in [0.15, 0.2) is 0 Å². The van der Waals surface area contributed by atoms with Crippen molar-refractivity contribution in [3.63, 3.8) is 0 Å². The average Bonchev–Trinajstić information content (AvgIpc) is 2.75. The summed E-state index contributed by atoms with van der Waals surface area (Å²) in [6.07, 6.45) is 1.55. The molecule has 0 aromatic carbocycles. The highest BCUT2D eigenvalue weighted by molar-refractivity contribution is 5.92. The number of carbonyl (C=O) groups is 1. The zero-order chi connectivity index (χ0) is 15.8. The number of ether oxygens (including phenoxy) is 2. The third-order valence-electron chi connectivity index (χ3n) is 2.99. The van der Waals surface area contributed by atoms with E-state index in [4.69, 9.17) is 15.2 Å². The fourth-order valence-electron chi connectivity index (χ4n) is 2.03. The molecule has 1 aromatic heterocycles. The number of nitrogen functional groups attached to an aromatic ring is 1. The normalized spacial score (nSPS) is 11.1. The molecule has 1 aromatic rings. The summed E-state index contributed by atoms with van der Waals surface area (Å²) in [7, 11) is 0. The van der Waals surface area contributed by atoms with Crippen LogP contribution >= 0.6 is 0 Å². The summed E-state index contributed by atoms with van der Waals surface area (Å²) < 4.78 is 12.4. The van der Waals surface area contributed by atoms with Crippen LogP contribution in [0.3, 0.4) is 0 Å². The highest BCUT2D eigenvalue weighted by atomic mass is 16.5. The molecule has 21 heavy (non-hydrogen) atoms. The van der Waals surface area contributed by atoms with E-state index in [1.165, 1.54) is 0 Å². The van der Waals surface area contributed by atoms with Crippen LogP contribution in [-0.2, 0) is 22.4 Å². The minimum absolute atomic E-state index is 0.219. The smallest absolute Gasteiger partial charge is 0.360 e. The first-order chi connectivity index (χ1) is 10.0. The molecule has 0 radical (unpaired) electrons. The molecule has 0 spiro atoms. The molecule has 2 N–H and O–H groups in total. The Morgan fingerprint density at radius 2 is 2.10 bits per heavy atom. The number of nitrogens with two attached hydrogens (primary N) is 1. The number of hydrogen-bond donors (Lipinski definition) is 1. The van der Waals surface area contributed by atoms with Crippen molar-refractivity contribution in [1.82, 2.24) is 9.55 Å². The second-order valence-corrected chi connectivity index (χ2v) is 5.31. The van der Waals surface area contributed by atoms with Gasteiger partial charge in [0.2, 0.25) is 0 Å². The molecule has 0 saturated carbocycles. The van der Waals surface area contributed by atoms with Gasteiger partial charge in [-0.05, 0) is 19.3 Å². The van der Waals surface area contributed by atoms with Gasteiger partial charge in [0.1, 0.15) is 11.6 Å². The second kappa shape index (κ2) is 8.67. The Morgan fingerprint density at radius 3 is 2.67 bits per heavy atom. The number of esters is 1. The first-order valence-electron chi connectivity index (χ1n) is 7.60. The molecule has 0 aliphatic carbocycles. The van der Waals surface area contributed by atoms with Crippen molar-refractivity contribution in [2.45, 2.75) is 47.1 Å². The van der Waals surface area contributed by atoms with Crippen LogP contribution in [0.5, 0.6) is 0 Å². The van der Waals surface area contributed by atoms with Crippen molar-refractivity contribution in [3.05, 3.63) is 11.5 Å². The molecule has 120 valence electrons. The van der Waals surface area contributed by atoms with Gasteiger partial charge in [0, 0.05) is 26.2 Å². The number of anilines is 1. The van der Waals surface area contributed by atoms with E-state index in [0.29, 0.717) is 31.5 Å². The summed E-state index contributed by atoms with van der Waals surface area (Å²) in [5, 5.41) is 0. The molecule has 0 saturated heterocycles. The van der Waals surface area contributed by atoms with E-state index >= 15 is 0 Å². The number of imidazole rings is 1. The predicted octanol–water partition coefficient (Wildman–Crippen LogP) is 2.27. The van der Waals surface area contributed by atoms with E-state index in [-0.39, 0.29) is 5.69 Å². The average molecular weight is 297 g/mol. The Kier molecular flexibility index (Phi) is 7.22. The van der Waals surface area contributed by atoms with Gasteiger partial charge in [-0.1, -0.05) is 20.8 Å². The van der Waals surface area contributed by atoms with E-state index < -0.39 is 5.97 Å². The lowest BCUT2D eigenvalue weighted by Crippen LogP contribution is -2.12. The topological polar surface area (TPSA) is 79.4 Å². The van der Waals surface area contributed by atoms with Crippen molar-refractivity contribution in [2.75, 3.05) is 25.6 Å². The molecular formula is C15H27N3O3. The first-order valence-corrected chi connectivity index (χ1v) is 7.60. The summed E-state index contributed by atoms with van der Waals surface area (Å²) in [4.78, 5) is 16.1. The van der Waals surface area contributed by atoms with Crippen LogP contribution in [-0.4, -0.2) is 35.3 Å². The first kappa shape index (κ1) is 17.5. The fraction of sp³-hybridized carbons (Fsp3) is 0.733. The SMILES string of the molecule is CCOC(=O)c1nc(CC)n(CCCOCC(C)C)c1N. The summed E-state index contributed by atoms with van der Waals surface area (Å²) in [5.41, 5.74) is 6.25. The van der Waals surface area contributed by atoms with Crippen molar-refractivity contribution in [2.24, 2.45) is 5.92 Å². The van der Waals surface area contributed by atoms with Gasteiger partial charge in [0.25, 0.3) is 0 Å². The molecule has 0 unspecified atom stereocenters. The van der Waals surface area contributed by atoms with E-state index in [2.05, 4.69) is 18.8 Å². The quantitative estimate of drug-likeness (QED) is 0.558. The van der Waals surface area contributed by atoms with Crippen LogP contribution in [0.1, 0.15) is 50.4 Å². The fourth-order valence-corrected chi connectivity index (χ4v) is 2.03. The minimum Gasteiger partial charge on any atom is -0.461 e. The molecular weight excluding hydrogens is 270 g/mol. The van der Waals surface area contributed by atoms with Gasteiger partial charge in [-0.25, -0.2) is 9.78 Å². The van der Waals surface area contributed by atoms with Gasteiger partial charge in [-0.2, -0.15) is 0 Å². The maximum atomic E-state index is 11.8. The summed E-state index contributed by atoms with van der Waals surface area (Å²) >= 11 is 0. The van der Waals surface area contributed by atoms with Gasteiger partial charge in [-0.15, -0.1) is 0 Å². The second-order valence-electron chi connectivity index (χ2n) is 5.31. The summed E-state index contributed by atoms with van der Waals surface area (Å²) in [6, 6.07) is 0. The van der Waals surface area contributed by atoms with Gasteiger partial charge in [0.15, 0.2) is 5.69 Å². The number of aryl methyl sites for hydroxylation is 1. The highest BCUT2D eigenvalue weighted by Gasteiger charge is 2.20. The zero-order valence-corrected chi connectivity index (χ0v) is 13.5. The monoisotopic (exact) mass is 297 g/mol. The number of aromatic nitrogens is 2. The summed E-state index contributed by atoms with van der Waals surface area (Å²) in [6.45, 7) is 10.4. The molecule has 0 aliphatic heterocycles. The van der Waals surface area contributed by atoms with Crippen LogP contribution in [0.2, 0.25) is 0 Å². The largest absolute Gasteiger partial charge is 0.461 e. The lowest BCUT2D eigenvalue weighted by Gasteiger charge is -2.10. The molecule has 0 aliphatic rings. The van der Waals surface area contributed by atoms with E-state index in [0.717, 1.165) is 25.3 Å². The third kappa shape index (κ3) is 5.04. The number of hydrogen-bond acceptors (Lipinski definition) is 5. The Hall–Kier alpha value is -1.56. The molecule has 1 rings (SSSR count). The van der Waals surface area contributed by atoms with Crippen molar-refractivity contribution >= 4 is 11.8 Å². The van der Waals surface area contributed by atoms with Crippen LogP contribution < -0.4 is 5.73 Å². The lowest BCUT2D eigenvalue weighted by molar-refractivity contribution is 0.0521. The Morgan fingerprint density at radius 1 is 1.38 bits per heavy atom. The molecule has 6 heteroatoms. The van der Waals surface area contributed by atoms with Crippen LogP contribution in [0.25, 0.3) is 0 Å². The molecule has 0 fully saturated rings. The summed E-state index contributed by atoms with van der Waals surface area (Å²) in [5.74, 6) is 1.26. The van der Waals surface area contributed by atoms with E-state index in [1.54, 1.807) is 6.92 Å². The third-order valence-corrected chi connectivity index (χ3v) is 2.99. The molecule has 0 atom stereocenters. The van der Waals surface area contributed by atoms with Crippen molar-refractivity contribution in [1.29, 1.82) is 0 Å². The number of nitrogens with zero attached hydrogens (tertiary/aromatic N) is 2. The van der Waals surface area contributed by atoms with Crippen molar-refractivity contribution in [3.8, 4) is 0 Å². The van der Waals surface area contributed by atoms with Crippen LogP contribution in [0.4, 0.5) is 5.82 Å². The Balaban J connectivity index is 2.66. The maximum Gasteiger partial charge on any atom is 0.360 e. The number of carbonyl (C=O) groups excluding carboxylic acids is 1. The number of rotatable bonds is 9. The van der Waals surface area contributed by atoms with Gasteiger partial charge in [-0.3, -0.25) is 0 Å². The Labute approximate surface area is 126 Å². The predicted molar refractivity (Wildman–Crippen MR) is 82.2 cm³/mol. The molecule has 0 amide bonds. The van der Waals surface area contributed by atoms with E-state index in [9.17, 15) is 4.79 Å². The molecule has 1 heterocycles. The Bertz CT molecular complexity index is 455. The maximum absolute atomic E-state index is 11.8. The van der Waals surface area contributed by atoms with Crippen LogP contribution in [0, 0.1) is 5.92 Å². The molecule has 0 bridgehead atoms. The highest BCUT2D eigenvalue weighted by Crippen LogP contribution is 2.17. The minimum atomic E-state index is -0.459. The lowest BCUT2D eigenvalue weighted by atomic mass is 10.2. The van der Waals surface area contributed by atoms with Gasteiger partial charge >= 0.3 is 5.97 Å². The standard InChI is InChI=1S/C15H27N3O3/c1-5-12-17-13(15(19)21-6-2)14(16)18(12)8-7-9-20-10-11(3)4/h11H,5-10,16H2,1-4H3. The zero-order valence-electron chi connectivity index (χ0n) is 13.5. The van der Waals surface area contributed by atoms with E-state index in [1.807, 2.05) is 11.5 Å².